The highest BCUT2D eigenvalue weighted by atomic mass is 32.1. The second-order valence-corrected chi connectivity index (χ2v) is 5.11. The summed E-state index contributed by atoms with van der Waals surface area (Å²) in [5.74, 6) is -0.248. The van der Waals surface area contributed by atoms with E-state index in [1.54, 1.807) is 0 Å². The number of piperazine rings is 1. The number of hydrogen-bond donors (Lipinski definition) is 2. The number of aliphatic hydroxyl groups is 1. The van der Waals surface area contributed by atoms with Gasteiger partial charge >= 0.3 is 0 Å². The van der Waals surface area contributed by atoms with Crippen LogP contribution in [0.4, 0.5) is 0 Å². The molecule has 1 unspecified atom stereocenters. The molecular formula is C12H23N3O2S. The molecule has 1 amide bonds. The van der Waals surface area contributed by atoms with Crippen LogP contribution in [0.15, 0.2) is 0 Å². The van der Waals surface area contributed by atoms with Crippen molar-refractivity contribution in [2.24, 2.45) is 11.7 Å². The molecule has 0 aromatic rings. The standard InChI is InChI=1S/C12H23N3O2S/c1-2-3-10(11(13)18)12(17)15-6-4-14(5-7-15)8-9-16/h10,16H,2-9H2,1H3,(H2,13,18). The van der Waals surface area contributed by atoms with Gasteiger partial charge < -0.3 is 15.7 Å². The van der Waals surface area contributed by atoms with E-state index in [2.05, 4.69) is 4.90 Å². The fraction of sp³-hybridized carbons (Fsp3) is 0.833. The Morgan fingerprint density at radius 3 is 2.44 bits per heavy atom. The molecular weight excluding hydrogens is 250 g/mol. The van der Waals surface area contributed by atoms with Gasteiger partial charge in [-0.3, -0.25) is 9.69 Å². The molecule has 1 rings (SSSR count). The fourth-order valence-corrected chi connectivity index (χ4v) is 2.45. The van der Waals surface area contributed by atoms with Gasteiger partial charge in [-0.25, -0.2) is 0 Å². The van der Waals surface area contributed by atoms with E-state index in [9.17, 15) is 4.79 Å². The number of nitrogens with two attached hydrogens (primary N) is 1. The van der Waals surface area contributed by atoms with Crippen LogP contribution in [0.2, 0.25) is 0 Å². The van der Waals surface area contributed by atoms with E-state index in [-0.39, 0.29) is 18.4 Å². The maximum atomic E-state index is 12.3. The van der Waals surface area contributed by atoms with Crippen molar-refractivity contribution in [1.29, 1.82) is 0 Å². The van der Waals surface area contributed by atoms with Crippen LogP contribution in [-0.4, -0.2) is 65.1 Å². The Kier molecular flexibility index (Phi) is 6.52. The number of carbonyl (C=O) groups excluding carboxylic acids is 1. The lowest BCUT2D eigenvalue weighted by Crippen LogP contribution is -2.52. The molecule has 3 N–H and O–H groups in total. The molecule has 1 heterocycles. The molecule has 1 aliphatic rings. The first-order valence-corrected chi connectivity index (χ1v) is 6.92. The molecule has 0 radical (unpaired) electrons. The predicted octanol–water partition coefficient (Wildman–Crippen LogP) is -0.175. The lowest BCUT2D eigenvalue weighted by Gasteiger charge is -2.36. The molecule has 0 aromatic heterocycles. The summed E-state index contributed by atoms with van der Waals surface area (Å²) in [6.07, 6.45) is 1.63. The maximum Gasteiger partial charge on any atom is 0.232 e. The number of carbonyl (C=O) groups is 1. The third kappa shape index (κ3) is 4.19. The highest BCUT2D eigenvalue weighted by molar-refractivity contribution is 7.80. The zero-order valence-electron chi connectivity index (χ0n) is 11.0. The quantitative estimate of drug-likeness (QED) is 0.657. The van der Waals surface area contributed by atoms with Crippen LogP contribution in [0.25, 0.3) is 0 Å². The lowest BCUT2D eigenvalue weighted by molar-refractivity contribution is -0.135. The van der Waals surface area contributed by atoms with Crippen LogP contribution < -0.4 is 5.73 Å². The van der Waals surface area contributed by atoms with Crippen molar-refractivity contribution in [2.75, 3.05) is 39.3 Å². The van der Waals surface area contributed by atoms with Crippen LogP contribution in [0.1, 0.15) is 19.8 Å². The average molecular weight is 273 g/mol. The summed E-state index contributed by atoms with van der Waals surface area (Å²) in [6.45, 7) is 5.88. The van der Waals surface area contributed by atoms with Gasteiger partial charge in [-0.1, -0.05) is 25.6 Å². The van der Waals surface area contributed by atoms with Gasteiger partial charge in [0.25, 0.3) is 0 Å². The van der Waals surface area contributed by atoms with E-state index in [1.807, 2.05) is 11.8 Å². The molecule has 0 aromatic carbocycles. The molecule has 6 heteroatoms. The predicted molar refractivity (Wildman–Crippen MR) is 75.3 cm³/mol. The van der Waals surface area contributed by atoms with Crippen molar-refractivity contribution in [3.63, 3.8) is 0 Å². The first kappa shape index (κ1) is 15.3. The first-order valence-electron chi connectivity index (χ1n) is 6.51. The Balaban J connectivity index is 2.50. The molecule has 104 valence electrons. The number of hydrogen-bond acceptors (Lipinski definition) is 4. The molecule has 1 aliphatic heterocycles. The van der Waals surface area contributed by atoms with Crippen LogP contribution in [0.3, 0.4) is 0 Å². The van der Waals surface area contributed by atoms with Gasteiger partial charge in [-0.2, -0.15) is 0 Å². The molecule has 1 atom stereocenters. The summed E-state index contributed by atoms with van der Waals surface area (Å²) in [7, 11) is 0. The van der Waals surface area contributed by atoms with Gasteiger partial charge in [0.1, 0.15) is 0 Å². The van der Waals surface area contributed by atoms with Crippen molar-refractivity contribution in [2.45, 2.75) is 19.8 Å². The molecule has 18 heavy (non-hydrogen) atoms. The number of β-amino-alcohol motifs (C(OH)–C–C–N with tert-alkyl or cyclic N) is 1. The third-order valence-corrected chi connectivity index (χ3v) is 3.60. The fourth-order valence-electron chi connectivity index (χ4n) is 2.23. The van der Waals surface area contributed by atoms with Gasteiger partial charge in [-0.05, 0) is 6.42 Å². The molecule has 0 aliphatic carbocycles. The number of amides is 1. The summed E-state index contributed by atoms with van der Waals surface area (Å²) in [6, 6.07) is 0. The molecule has 1 saturated heterocycles. The van der Waals surface area contributed by atoms with E-state index < -0.39 is 0 Å². The zero-order valence-corrected chi connectivity index (χ0v) is 11.8. The Morgan fingerprint density at radius 1 is 1.39 bits per heavy atom. The van der Waals surface area contributed by atoms with Gasteiger partial charge in [0.15, 0.2) is 0 Å². The minimum Gasteiger partial charge on any atom is -0.395 e. The molecule has 0 bridgehead atoms. The highest BCUT2D eigenvalue weighted by Crippen LogP contribution is 2.13. The number of thiocarbonyl (C=S) groups is 1. The summed E-state index contributed by atoms with van der Waals surface area (Å²) in [5.41, 5.74) is 5.65. The number of aliphatic hydroxyl groups excluding tert-OH is 1. The first-order chi connectivity index (χ1) is 8.60. The van der Waals surface area contributed by atoms with Gasteiger partial charge in [-0.15, -0.1) is 0 Å². The Morgan fingerprint density at radius 2 is 2.00 bits per heavy atom. The topological polar surface area (TPSA) is 69.8 Å². The van der Waals surface area contributed by atoms with E-state index in [0.29, 0.717) is 24.6 Å². The monoisotopic (exact) mass is 273 g/mol. The summed E-state index contributed by atoms with van der Waals surface area (Å²) < 4.78 is 0. The van der Waals surface area contributed by atoms with Crippen molar-refractivity contribution < 1.29 is 9.90 Å². The molecule has 0 spiro atoms. The molecule has 0 saturated carbocycles. The largest absolute Gasteiger partial charge is 0.395 e. The average Bonchev–Trinajstić information content (AvgIpc) is 2.36. The van der Waals surface area contributed by atoms with Crippen LogP contribution in [0.5, 0.6) is 0 Å². The third-order valence-electron chi connectivity index (χ3n) is 3.32. The van der Waals surface area contributed by atoms with Gasteiger partial charge in [0.2, 0.25) is 5.91 Å². The van der Waals surface area contributed by atoms with Gasteiger partial charge in [0, 0.05) is 32.7 Å². The van der Waals surface area contributed by atoms with Crippen LogP contribution in [0, 0.1) is 5.92 Å². The maximum absolute atomic E-state index is 12.3. The van der Waals surface area contributed by atoms with E-state index in [1.165, 1.54) is 0 Å². The van der Waals surface area contributed by atoms with E-state index in [4.69, 9.17) is 23.1 Å². The Hall–Kier alpha value is -0.720. The second kappa shape index (κ2) is 7.66. The van der Waals surface area contributed by atoms with Crippen molar-refractivity contribution in [3.8, 4) is 0 Å². The molecule has 1 fully saturated rings. The SMILES string of the molecule is CCCC(C(=O)N1CCN(CCO)CC1)C(N)=S. The van der Waals surface area contributed by atoms with Crippen LogP contribution >= 0.6 is 12.2 Å². The Bertz CT molecular complexity index is 291. The van der Waals surface area contributed by atoms with E-state index in [0.717, 1.165) is 25.9 Å². The summed E-state index contributed by atoms with van der Waals surface area (Å²) in [5, 5.41) is 8.87. The molecule has 5 nitrogen and oxygen atoms in total. The highest BCUT2D eigenvalue weighted by Gasteiger charge is 2.28. The summed E-state index contributed by atoms with van der Waals surface area (Å²) in [4.78, 5) is 16.6. The summed E-state index contributed by atoms with van der Waals surface area (Å²) >= 11 is 4.98. The zero-order chi connectivity index (χ0) is 13.5. The van der Waals surface area contributed by atoms with Crippen molar-refractivity contribution >= 4 is 23.1 Å². The second-order valence-electron chi connectivity index (χ2n) is 4.63. The van der Waals surface area contributed by atoms with Crippen molar-refractivity contribution in [1.82, 2.24) is 9.80 Å². The van der Waals surface area contributed by atoms with Crippen molar-refractivity contribution in [3.05, 3.63) is 0 Å². The van der Waals surface area contributed by atoms with Crippen LogP contribution in [-0.2, 0) is 4.79 Å². The number of rotatable bonds is 6. The lowest BCUT2D eigenvalue weighted by atomic mass is 10.0. The minimum absolute atomic E-state index is 0.0630. The number of nitrogens with zero attached hydrogens (tertiary/aromatic N) is 2. The Labute approximate surface area is 114 Å². The van der Waals surface area contributed by atoms with Gasteiger partial charge in [0.05, 0.1) is 17.5 Å². The minimum atomic E-state index is -0.311. The van der Waals surface area contributed by atoms with E-state index >= 15 is 0 Å². The normalized spacial score (nSPS) is 18.7. The smallest absolute Gasteiger partial charge is 0.232 e.